The average Bonchev–Trinajstić information content (AvgIpc) is 2.01. The second kappa shape index (κ2) is 3.09. The molecule has 1 heterocycles. The van der Waals surface area contributed by atoms with E-state index in [9.17, 15) is 0 Å². The second-order valence-corrected chi connectivity index (χ2v) is 3.00. The number of hydrogen-bond acceptors (Lipinski definition) is 2. The molecule has 0 aliphatic heterocycles. The van der Waals surface area contributed by atoms with Crippen LogP contribution >= 0.6 is 0 Å². The van der Waals surface area contributed by atoms with Gasteiger partial charge in [-0.25, -0.2) is 4.98 Å². The molecule has 3 heteroatoms. The van der Waals surface area contributed by atoms with E-state index in [0.29, 0.717) is 5.62 Å². The molecule has 1 aromatic heterocycles. The van der Waals surface area contributed by atoms with E-state index in [2.05, 4.69) is 11.9 Å². The Morgan fingerprint density at radius 1 is 1.42 bits per heavy atom. The van der Waals surface area contributed by atoms with Crippen molar-refractivity contribution >= 4 is 0 Å². The van der Waals surface area contributed by atoms with E-state index in [0.717, 1.165) is 17.8 Å². The minimum absolute atomic E-state index is 0.335. The minimum Gasteiger partial charge on any atom is -0.318 e. The van der Waals surface area contributed by atoms with Gasteiger partial charge in [-0.05, 0) is 25.8 Å². The molecular formula is C9H15N3. The standard InChI is InChI=1S/C9H15N3/c1-5-8-6(2)11-9(10)12(4)7(8)3/h10H,5H2,1-4H3. The Hall–Kier alpha value is -1.12. The molecule has 0 saturated carbocycles. The lowest BCUT2D eigenvalue weighted by atomic mass is 10.1. The molecule has 0 spiro atoms. The van der Waals surface area contributed by atoms with Gasteiger partial charge in [0.25, 0.3) is 0 Å². The molecule has 0 aliphatic carbocycles. The van der Waals surface area contributed by atoms with Crippen LogP contribution in [-0.2, 0) is 13.5 Å². The topological polar surface area (TPSA) is 41.7 Å². The SMILES string of the molecule is CCc1c(C)nc(=N)n(C)c1C. The third-order valence-corrected chi connectivity index (χ3v) is 2.32. The molecule has 0 fully saturated rings. The summed E-state index contributed by atoms with van der Waals surface area (Å²) in [5, 5.41) is 7.52. The summed E-state index contributed by atoms with van der Waals surface area (Å²) in [6.07, 6.45) is 0.985. The Bertz CT molecular complexity index is 350. The molecular weight excluding hydrogens is 150 g/mol. The number of nitrogens with one attached hydrogen (secondary N) is 1. The van der Waals surface area contributed by atoms with Crippen molar-refractivity contribution < 1.29 is 0 Å². The molecule has 1 N–H and O–H groups in total. The van der Waals surface area contributed by atoms with Gasteiger partial charge in [-0.2, -0.15) is 0 Å². The predicted molar refractivity (Wildman–Crippen MR) is 47.9 cm³/mol. The van der Waals surface area contributed by atoms with Crippen LogP contribution in [0.15, 0.2) is 0 Å². The monoisotopic (exact) mass is 165 g/mol. The highest BCUT2D eigenvalue weighted by molar-refractivity contribution is 5.22. The quantitative estimate of drug-likeness (QED) is 0.664. The normalized spacial score (nSPS) is 10.3. The first-order valence-corrected chi connectivity index (χ1v) is 4.15. The summed E-state index contributed by atoms with van der Waals surface area (Å²) in [7, 11) is 1.88. The van der Waals surface area contributed by atoms with E-state index in [4.69, 9.17) is 5.41 Å². The largest absolute Gasteiger partial charge is 0.318 e. The van der Waals surface area contributed by atoms with Crippen LogP contribution in [0.3, 0.4) is 0 Å². The zero-order chi connectivity index (χ0) is 9.30. The lowest BCUT2D eigenvalue weighted by Crippen LogP contribution is -2.25. The fourth-order valence-electron chi connectivity index (χ4n) is 1.44. The fraction of sp³-hybridized carbons (Fsp3) is 0.556. The number of aryl methyl sites for hydroxylation is 1. The van der Waals surface area contributed by atoms with Crippen LogP contribution in [0.1, 0.15) is 23.9 Å². The van der Waals surface area contributed by atoms with Gasteiger partial charge >= 0.3 is 0 Å². The van der Waals surface area contributed by atoms with Crippen molar-refractivity contribution in [2.24, 2.45) is 7.05 Å². The summed E-state index contributed by atoms with van der Waals surface area (Å²) >= 11 is 0. The summed E-state index contributed by atoms with van der Waals surface area (Å²) in [5.74, 6) is 0. The van der Waals surface area contributed by atoms with Crippen molar-refractivity contribution in [2.45, 2.75) is 27.2 Å². The van der Waals surface area contributed by atoms with Crippen molar-refractivity contribution in [3.05, 3.63) is 22.6 Å². The van der Waals surface area contributed by atoms with Crippen LogP contribution < -0.4 is 5.62 Å². The van der Waals surface area contributed by atoms with Crippen molar-refractivity contribution in [1.82, 2.24) is 9.55 Å². The van der Waals surface area contributed by atoms with E-state index in [1.54, 1.807) is 0 Å². The number of rotatable bonds is 1. The van der Waals surface area contributed by atoms with Gasteiger partial charge in [-0.15, -0.1) is 0 Å². The summed E-state index contributed by atoms with van der Waals surface area (Å²) in [6.45, 7) is 6.11. The van der Waals surface area contributed by atoms with Crippen LogP contribution in [-0.4, -0.2) is 9.55 Å². The van der Waals surface area contributed by atoms with Crippen LogP contribution in [0.5, 0.6) is 0 Å². The molecule has 0 aromatic carbocycles. The van der Waals surface area contributed by atoms with Crippen LogP contribution in [0.4, 0.5) is 0 Å². The number of nitrogens with zero attached hydrogens (tertiary/aromatic N) is 2. The summed E-state index contributed by atoms with van der Waals surface area (Å²) in [5.41, 5.74) is 3.73. The van der Waals surface area contributed by atoms with E-state index in [1.165, 1.54) is 5.56 Å². The van der Waals surface area contributed by atoms with Gasteiger partial charge in [-0.3, -0.25) is 5.41 Å². The molecule has 0 bridgehead atoms. The molecule has 0 atom stereocenters. The maximum absolute atomic E-state index is 7.52. The molecule has 1 aromatic rings. The smallest absolute Gasteiger partial charge is 0.222 e. The Morgan fingerprint density at radius 2 is 2.00 bits per heavy atom. The van der Waals surface area contributed by atoms with Gasteiger partial charge in [0.15, 0.2) is 0 Å². The fourth-order valence-corrected chi connectivity index (χ4v) is 1.44. The van der Waals surface area contributed by atoms with E-state index in [1.807, 2.05) is 25.5 Å². The predicted octanol–water partition coefficient (Wildman–Crippen LogP) is 1.08. The second-order valence-electron chi connectivity index (χ2n) is 3.00. The van der Waals surface area contributed by atoms with Crippen molar-refractivity contribution in [3.63, 3.8) is 0 Å². The summed E-state index contributed by atoms with van der Waals surface area (Å²) in [6, 6.07) is 0. The van der Waals surface area contributed by atoms with Gasteiger partial charge in [0.1, 0.15) is 0 Å². The molecule has 1 rings (SSSR count). The van der Waals surface area contributed by atoms with E-state index in [-0.39, 0.29) is 0 Å². The van der Waals surface area contributed by atoms with Gasteiger partial charge in [0.2, 0.25) is 5.62 Å². The van der Waals surface area contributed by atoms with Gasteiger partial charge in [-0.1, -0.05) is 6.92 Å². The van der Waals surface area contributed by atoms with Gasteiger partial charge in [0, 0.05) is 18.4 Å². The summed E-state index contributed by atoms with van der Waals surface area (Å²) in [4.78, 5) is 4.13. The first kappa shape index (κ1) is 8.97. The highest BCUT2D eigenvalue weighted by Gasteiger charge is 2.04. The average molecular weight is 165 g/mol. The third-order valence-electron chi connectivity index (χ3n) is 2.32. The Morgan fingerprint density at radius 3 is 2.50 bits per heavy atom. The molecule has 0 amide bonds. The first-order valence-electron chi connectivity index (χ1n) is 4.15. The zero-order valence-corrected chi connectivity index (χ0v) is 8.10. The molecule has 66 valence electrons. The van der Waals surface area contributed by atoms with Gasteiger partial charge < -0.3 is 4.57 Å². The van der Waals surface area contributed by atoms with Crippen LogP contribution in [0.2, 0.25) is 0 Å². The Kier molecular flexibility index (Phi) is 2.31. The minimum atomic E-state index is 0.335. The lowest BCUT2D eigenvalue weighted by Gasteiger charge is -2.11. The Balaban J connectivity index is 3.51. The van der Waals surface area contributed by atoms with E-state index < -0.39 is 0 Å². The van der Waals surface area contributed by atoms with Crippen molar-refractivity contribution in [1.29, 1.82) is 5.41 Å². The molecule has 12 heavy (non-hydrogen) atoms. The molecule has 0 saturated heterocycles. The highest BCUT2D eigenvalue weighted by atomic mass is 15.0. The van der Waals surface area contributed by atoms with Crippen LogP contribution in [0, 0.1) is 19.3 Å². The highest BCUT2D eigenvalue weighted by Crippen LogP contribution is 2.07. The number of aromatic nitrogens is 2. The third kappa shape index (κ3) is 1.26. The molecule has 3 nitrogen and oxygen atoms in total. The van der Waals surface area contributed by atoms with Gasteiger partial charge in [0.05, 0.1) is 0 Å². The van der Waals surface area contributed by atoms with Crippen LogP contribution in [0.25, 0.3) is 0 Å². The van der Waals surface area contributed by atoms with E-state index >= 15 is 0 Å². The molecule has 0 unspecified atom stereocenters. The Labute approximate surface area is 72.6 Å². The summed E-state index contributed by atoms with van der Waals surface area (Å²) < 4.78 is 1.81. The van der Waals surface area contributed by atoms with Crippen molar-refractivity contribution in [3.8, 4) is 0 Å². The number of hydrogen-bond donors (Lipinski definition) is 1. The molecule has 0 radical (unpaired) electrons. The maximum atomic E-state index is 7.52. The van der Waals surface area contributed by atoms with Crippen molar-refractivity contribution in [2.75, 3.05) is 0 Å². The zero-order valence-electron chi connectivity index (χ0n) is 8.10. The first-order chi connectivity index (χ1) is 5.57. The maximum Gasteiger partial charge on any atom is 0.222 e. The lowest BCUT2D eigenvalue weighted by molar-refractivity contribution is 0.707. The molecule has 0 aliphatic rings.